The third kappa shape index (κ3) is 7.14. The molecule has 0 heterocycles. The fourth-order valence-electron chi connectivity index (χ4n) is 2.50. The minimum absolute atomic E-state index is 0.0613. The molecule has 0 aliphatic carbocycles. The van der Waals surface area contributed by atoms with E-state index >= 15 is 0 Å². The number of rotatable bonds is 13. The van der Waals surface area contributed by atoms with E-state index in [1.54, 1.807) is 0 Å². The SMILES string of the molecule is CCCCCCCCOc1ccccc1N(CCO)CCO. The smallest absolute Gasteiger partial charge is 0.142 e. The molecular formula is C18H31NO3. The Balaban J connectivity index is 2.45. The zero-order valence-corrected chi connectivity index (χ0v) is 13.8. The third-order valence-corrected chi connectivity index (χ3v) is 3.70. The van der Waals surface area contributed by atoms with Gasteiger partial charge in [-0.1, -0.05) is 51.2 Å². The van der Waals surface area contributed by atoms with E-state index in [1.165, 1.54) is 32.1 Å². The number of para-hydroxylation sites is 2. The molecule has 1 rings (SSSR count). The van der Waals surface area contributed by atoms with Gasteiger partial charge >= 0.3 is 0 Å². The van der Waals surface area contributed by atoms with Crippen molar-refractivity contribution in [2.24, 2.45) is 0 Å². The monoisotopic (exact) mass is 309 g/mol. The van der Waals surface area contributed by atoms with Crippen molar-refractivity contribution in [3.8, 4) is 5.75 Å². The van der Waals surface area contributed by atoms with Gasteiger partial charge in [0.15, 0.2) is 0 Å². The Labute approximate surface area is 134 Å². The van der Waals surface area contributed by atoms with Crippen molar-refractivity contribution < 1.29 is 14.9 Å². The van der Waals surface area contributed by atoms with E-state index in [0.29, 0.717) is 13.1 Å². The Bertz CT molecular complexity index is 378. The highest BCUT2D eigenvalue weighted by Gasteiger charge is 2.11. The van der Waals surface area contributed by atoms with Gasteiger partial charge in [0, 0.05) is 13.1 Å². The Morgan fingerprint density at radius 1 is 0.909 bits per heavy atom. The highest BCUT2D eigenvalue weighted by Crippen LogP contribution is 2.28. The summed E-state index contributed by atoms with van der Waals surface area (Å²) in [6.07, 6.45) is 7.46. The minimum Gasteiger partial charge on any atom is -0.491 e. The predicted molar refractivity (Wildman–Crippen MR) is 91.7 cm³/mol. The van der Waals surface area contributed by atoms with Crippen LogP contribution >= 0.6 is 0 Å². The number of aliphatic hydroxyl groups excluding tert-OH is 2. The summed E-state index contributed by atoms with van der Waals surface area (Å²) in [5.74, 6) is 0.831. The lowest BCUT2D eigenvalue weighted by atomic mass is 10.1. The molecule has 0 aliphatic heterocycles. The molecule has 0 atom stereocenters. The van der Waals surface area contributed by atoms with Gasteiger partial charge < -0.3 is 19.8 Å². The molecule has 22 heavy (non-hydrogen) atoms. The van der Waals surface area contributed by atoms with E-state index in [2.05, 4.69) is 6.92 Å². The van der Waals surface area contributed by atoms with Gasteiger partial charge in [-0.3, -0.25) is 0 Å². The first-order valence-electron chi connectivity index (χ1n) is 8.52. The molecule has 0 unspecified atom stereocenters. The Morgan fingerprint density at radius 3 is 2.23 bits per heavy atom. The number of hydrogen-bond donors (Lipinski definition) is 2. The Hall–Kier alpha value is -1.26. The summed E-state index contributed by atoms with van der Waals surface area (Å²) in [7, 11) is 0. The fourth-order valence-corrected chi connectivity index (χ4v) is 2.50. The average Bonchev–Trinajstić information content (AvgIpc) is 2.54. The van der Waals surface area contributed by atoms with Crippen LogP contribution in [-0.4, -0.2) is 43.1 Å². The molecule has 0 spiro atoms. The van der Waals surface area contributed by atoms with Crippen LogP contribution in [0.25, 0.3) is 0 Å². The van der Waals surface area contributed by atoms with Crippen molar-refractivity contribution >= 4 is 5.69 Å². The lowest BCUT2D eigenvalue weighted by Gasteiger charge is -2.25. The van der Waals surface area contributed by atoms with Crippen LogP contribution in [0.1, 0.15) is 45.4 Å². The predicted octanol–water partition coefficient (Wildman–Crippen LogP) is 3.22. The number of anilines is 1. The largest absolute Gasteiger partial charge is 0.491 e. The van der Waals surface area contributed by atoms with Crippen LogP contribution in [0, 0.1) is 0 Å². The highest BCUT2D eigenvalue weighted by atomic mass is 16.5. The van der Waals surface area contributed by atoms with Gasteiger partial charge in [0.05, 0.1) is 25.5 Å². The van der Waals surface area contributed by atoms with Crippen molar-refractivity contribution in [3.63, 3.8) is 0 Å². The summed E-state index contributed by atoms with van der Waals surface area (Å²) in [6, 6.07) is 7.83. The van der Waals surface area contributed by atoms with E-state index in [1.807, 2.05) is 29.2 Å². The lowest BCUT2D eigenvalue weighted by Crippen LogP contribution is -2.30. The number of nitrogens with zero attached hydrogens (tertiary/aromatic N) is 1. The summed E-state index contributed by atoms with van der Waals surface area (Å²) in [5, 5.41) is 18.3. The van der Waals surface area contributed by atoms with Crippen LogP contribution < -0.4 is 9.64 Å². The third-order valence-electron chi connectivity index (χ3n) is 3.70. The van der Waals surface area contributed by atoms with Crippen molar-refractivity contribution in [1.82, 2.24) is 0 Å². The summed E-state index contributed by atoms with van der Waals surface area (Å²) < 4.78 is 5.91. The van der Waals surface area contributed by atoms with E-state index < -0.39 is 0 Å². The maximum absolute atomic E-state index is 9.17. The first-order chi connectivity index (χ1) is 10.8. The van der Waals surface area contributed by atoms with Gasteiger partial charge in [-0.2, -0.15) is 0 Å². The van der Waals surface area contributed by atoms with Gasteiger partial charge in [0.2, 0.25) is 0 Å². The van der Waals surface area contributed by atoms with Gasteiger partial charge in [-0.25, -0.2) is 0 Å². The second kappa shape index (κ2) is 12.3. The molecule has 4 heteroatoms. The normalized spacial score (nSPS) is 10.7. The zero-order chi connectivity index (χ0) is 16.0. The summed E-state index contributed by atoms with van der Waals surface area (Å²) in [5.41, 5.74) is 0.941. The highest BCUT2D eigenvalue weighted by molar-refractivity contribution is 5.58. The lowest BCUT2D eigenvalue weighted by molar-refractivity contribution is 0.277. The second-order valence-electron chi connectivity index (χ2n) is 5.52. The molecule has 0 aliphatic rings. The summed E-state index contributed by atoms with van der Waals surface area (Å²) in [4.78, 5) is 1.95. The van der Waals surface area contributed by atoms with Crippen LogP contribution in [0.5, 0.6) is 5.75 Å². The standard InChI is InChI=1S/C18H31NO3/c1-2-3-4-5-6-9-16-22-18-11-8-7-10-17(18)19(12-14-20)13-15-21/h7-8,10-11,20-21H,2-6,9,12-16H2,1H3. The number of ether oxygens (including phenoxy) is 1. The van der Waals surface area contributed by atoms with E-state index in [0.717, 1.165) is 24.5 Å². The quantitative estimate of drug-likeness (QED) is 0.549. The molecule has 1 aromatic carbocycles. The number of aliphatic hydroxyl groups is 2. The molecule has 0 radical (unpaired) electrons. The molecular weight excluding hydrogens is 278 g/mol. The topological polar surface area (TPSA) is 52.9 Å². The summed E-state index contributed by atoms with van der Waals surface area (Å²) in [6.45, 7) is 4.06. The Morgan fingerprint density at radius 2 is 1.55 bits per heavy atom. The van der Waals surface area contributed by atoms with Crippen LogP contribution in [0.15, 0.2) is 24.3 Å². The number of unbranched alkanes of at least 4 members (excludes halogenated alkanes) is 5. The second-order valence-corrected chi connectivity index (χ2v) is 5.52. The average molecular weight is 309 g/mol. The van der Waals surface area contributed by atoms with Crippen molar-refractivity contribution in [2.45, 2.75) is 45.4 Å². The Kier molecular flexibility index (Phi) is 10.5. The maximum Gasteiger partial charge on any atom is 0.142 e. The van der Waals surface area contributed by atoms with E-state index in [-0.39, 0.29) is 13.2 Å². The van der Waals surface area contributed by atoms with E-state index in [9.17, 15) is 0 Å². The zero-order valence-electron chi connectivity index (χ0n) is 13.8. The first-order valence-corrected chi connectivity index (χ1v) is 8.52. The summed E-state index contributed by atoms with van der Waals surface area (Å²) >= 11 is 0. The molecule has 0 bridgehead atoms. The maximum atomic E-state index is 9.17. The van der Waals surface area contributed by atoms with Crippen LogP contribution in [0.3, 0.4) is 0 Å². The molecule has 1 aromatic rings. The molecule has 0 fully saturated rings. The molecule has 126 valence electrons. The molecule has 0 aromatic heterocycles. The molecule has 4 nitrogen and oxygen atoms in total. The van der Waals surface area contributed by atoms with Gasteiger partial charge in [-0.15, -0.1) is 0 Å². The van der Waals surface area contributed by atoms with Crippen molar-refractivity contribution in [1.29, 1.82) is 0 Å². The molecule has 0 saturated carbocycles. The van der Waals surface area contributed by atoms with Crippen LogP contribution in [0.4, 0.5) is 5.69 Å². The van der Waals surface area contributed by atoms with E-state index in [4.69, 9.17) is 14.9 Å². The van der Waals surface area contributed by atoms with Gasteiger partial charge in [0.25, 0.3) is 0 Å². The van der Waals surface area contributed by atoms with Gasteiger partial charge in [0.1, 0.15) is 5.75 Å². The van der Waals surface area contributed by atoms with Crippen molar-refractivity contribution in [2.75, 3.05) is 37.8 Å². The first kappa shape index (κ1) is 18.8. The van der Waals surface area contributed by atoms with Gasteiger partial charge in [-0.05, 0) is 18.6 Å². The fraction of sp³-hybridized carbons (Fsp3) is 0.667. The minimum atomic E-state index is 0.0613. The van der Waals surface area contributed by atoms with Crippen LogP contribution in [-0.2, 0) is 0 Å². The molecule has 0 amide bonds. The molecule has 2 N–H and O–H groups in total. The van der Waals surface area contributed by atoms with Crippen molar-refractivity contribution in [3.05, 3.63) is 24.3 Å². The number of benzene rings is 1. The molecule has 0 saturated heterocycles. The number of hydrogen-bond acceptors (Lipinski definition) is 4. The van der Waals surface area contributed by atoms with Crippen LogP contribution in [0.2, 0.25) is 0 Å².